The lowest BCUT2D eigenvalue weighted by atomic mass is 9.65. The van der Waals surface area contributed by atoms with Crippen molar-refractivity contribution in [2.24, 2.45) is 0 Å². The summed E-state index contributed by atoms with van der Waals surface area (Å²) in [6.07, 6.45) is 3.30. The quantitative estimate of drug-likeness (QED) is 0.421. The normalized spacial score (nSPS) is 12.4. The van der Waals surface area contributed by atoms with Crippen molar-refractivity contribution in [3.05, 3.63) is 24.0 Å². The highest BCUT2D eigenvalue weighted by atomic mass is 16.5. The van der Waals surface area contributed by atoms with Crippen molar-refractivity contribution in [1.29, 1.82) is 0 Å². The second-order valence-corrected chi connectivity index (χ2v) is 4.97. The Morgan fingerprint density at radius 1 is 1.45 bits per heavy atom. The summed E-state index contributed by atoms with van der Waals surface area (Å²) in [6.45, 7) is 5.46. The monoisotopic (exact) mass is 280 g/mol. The van der Waals surface area contributed by atoms with E-state index in [4.69, 9.17) is 4.74 Å². The van der Waals surface area contributed by atoms with Gasteiger partial charge in [-0.3, -0.25) is 4.98 Å². The molecule has 1 rings (SSSR count). The molecule has 20 heavy (non-hydrogen) atoms. The van der Waals surface area contributed by atoms with Crippen molar-refractivity contribution in [3.63, 3.8) is 0 Å². The summed E-state index contributed by atoms with van der Waals surface area (Å²) in [5, 5.41) is 22.2. The van der Waals surface area contributed by atoms with Gasteiger partial charge in [-0.05, 0) is 17.9 Å². The van der Waals surface area contributed by atoms with E-state index in [1.54, 1.807) is 13.0 Å². The Morgan fingerprint density at radius 2 is 2.25 bits per heavy atom. The van der Waals surface area contributed by atoms with Crippen LogP contribution in [0.5, 0.6) is 0 Å². The second-order valence-electron chi connectivity index (χ2n) is 4.97. The van der Waals surface area contributed by atoms with Crippen LogP contribution in [0.3, 0.4) is 0 Å². The molecule has 0 spiro atoms. The Balaban J connectivity index is 2.16. The molecule has 0 saturated heterocycles. The van der Waals surface area contributed by atoms with Gasteiger partial charge in [0.25, 0.3) is 0 Å². The lowest BCUT2D eigenvalue weighted by Crippen LogP contribution is -2.31. The van der Waals surface area contributed by atoms with Gasteiger partial charge in [0, 0.05) is 25.9 Å². The van der Waals surface area contributed by atoms with Crippen LogP contribution in [0, 0.1) is 0 Å². The second kappa shape index (κ2) is 9.88. The van der Waals surface area contributed by atoms with Gasteiger partial charge in [-0.1, -0.05) is 26.2 Å². The molecule has 1 unspecified atom stereocenters. The Morgan fingerprint density at radius 3 is 2.85 bits per heavy atom. The van der Waals surface area contributed by atoms with Crippen LogP contribution in [0.15, 0.2) is 18.3 Å². The summed E-state index contributed by atoms with van der Waals surface area (Å²) in [7, 11) is 0. The first-order chi connectivity index (χ1) is 9.63. The predicted octanol–water partition coefficient (Wildman–Crippen LogP) is 0.169. The molecule has 6 heteroatoms. The van der Waals surface area contributed by atoms with Crippen LogP contribution >= 0.6 is 0 Å². The van der Waals surface area contributed by atoms with Gasteiger partial charge in [0.15, 0.2) is 0 Å². The van der Waals surface area contributed by atoms with Crippen molar-refractivity contribution in [2.75, 3.05) is 19.8 Å². The molecule has 0 radical (unpaired) electrons. The highest BCUT2D eigenvalue weighted by molar-refractivity contribution is 6.64. The van der Waals surface area contributed by atoms with E-state index in [1.165, 1.54) is 0 Å². The molecule has 0 bridgehead atoms. The summed E-state index contributed by atoms with van der Waals surface area (Å²) < 4.78 is 5.35. The molecule has 0 aliphatic carbocycles. The zero-order valence-corrected chi connectivity index (χ0v) is 12.4. The minimum absolute atomic E-state index is 0.362. The number of aliphatic hydroxyl groups excluding tert-OH is 1. The SMILES string of the molecule is CCCCOCC(O)CNCc1ccc(B(C)O)cn1. The molecular formula is C14H25BN2O3. The Hall–Kier alpha value is -0.945. The van der Waals surface area contributed by atoms with E-state index in [1.807, 2.05) is 12.1 Å². The summed E-state index contributed by atoms with van der Waals surface area (Å²) in [4.78, 5) is 4.25. The van der Waals surface area contributed by atoms with Gasteiger partial charge in [-0.25, -0.2) is 0 Å². The van der Waals surface area contributed by atoms with Gasteiger partial charge in [0.05, 0.1) is 18.4 Å². The van der Waals surface area contributed by atoms with Crippen LogP contribution in [-0.4, -0.2) is 47.9 Å². The number of pyridine rings is 1. The topological polar surface area (TPSA) is 74.6 Å². The number of nitrogens with zero attached hydrogens (tertiary/aromatic N) is 1. The molecule has 1 aromatic rings. The van der Waals surface area contributed by atoms with Crippen molar-refractivity contribution >= 4 is 12.4 Å². The summed E-state index contributed by atoms with van der Waals surface area (Å²) in [5.41, 5.74) is 1.69. The molecule has 0 fully saturated rings. The summed E-state index contributed by atoms with van der Waals surface area (Å²) in [5.74, 6) is 0. The largest absolute Gasteiger partial charge is 0.446 e. The van der Waals surface area contributed by atoms with E-state index in [-0.39, 0.29) is 0 Å². The molecule has 5 nitrogen and oxygen atoms in total. The Labute approximate surface area is 121 Å². The van der Waals surface area contributed by atoms with Crippen molar-refractivity contribution in [3.8, 4) is 0 Å². The molecule has 3 N–H and O–H groups in total. The Bertz CT molecular complexity index is 360. The van der Waals surface area contributed by atoms with Crippen LogP contribution in [-0.2, 0) is 11.3 Å². The van der Waals surface area contributed by atoms with Gasteiger partial charge in [0.1, 0.15) is 0 Å². The van der Waals surface area contributed by atoms with E-state index in [9.17, 15) is 10.1 Å². The van der Waals surface area contributed by atoms with Crippen molar-refractivity contribution < 1.29 is 14.9 Å². The molecule has 0 aliphatic heterocycles. The van der Waals surface area contributed by atoms with Crippen LogP contribution in [0.25, 0.3) is 0 Å². The van der Waals surface area contributed by atoms with E-state index < -0.39 is 13.0 Å². The van der Waals surface area contributed by atoms with E-state index in [0.717, 1.165) is 24.0 Å². The maximum atomic E-state index is 9.70. The van der Waals surface area contributed by atoms with Gasteiger partial charge in [-0.15, -0.1) is 0 Å². The first-order valence-corrected chi connectivity index (χ1v) is 7.23. The van der Waals surface area contributed by atoms with Gasteiger partial charge < -0.3 is 20.2 Å². The maximum absolute atomic E-state index is 9.70. The van der Waals surface area contributed by atoms with Crippen LogP contribution < -0.4 is 10.8 Å². The fourth-order valence-electron chi connectivity index (χ4n) is 1.68. The molecule has 0 aromatic carbocycles. The highest BCUT2D eigenvalue weighted by Crippen LogP contribution is 1.94. The molecular weight excluding hydrogens is 255 g/mol. The van der Waals surface area contributed by atoms with Crippen LogP contribution in [0.1, 0.15) is 25.5 Å². The lowest BCUT2D eigenvalue weighted by Gasteiger charge is -2.12. The Kier molecular flexibility index (Phi) is 8.45. The van der Waals surface area contributed by atoms with Gasteiger partial charge in [0.2, 0.25) is 0 Å². The van der Waals surface area contributed by atoms with Crippen molar-refractivity contribution in [2.45, 2.75) is 39.2 Å². The number of nitrogens with one attached hydrogen (secondary N) is 1. The minimum Gasteiger partial charge on any atom is -0.446 e. The third-order valence-corrected chi connectivity index (χ3v) is 2.97. The number of unbranched alkanes of at least 4 members (excludes halogenated alkanes) is 1. The first kappa shape index (κ1) is 17.1. The maximum Gasteiger partial charge on any atom is 0.321 e. The number of hydrogen-bond acceptors (Lipinski definition) is 5. The van der Waals surface area contributed by atoms with Crippen LogP contribution in [0.4, 0.5) is 0 Å². The zero-order valence-electron chi connectivity index (χ0n) is 12.4. The van der Waals surface area contributed by atoms with Crippen LogP contribution in [0.2, 0.25) is 6.82 Å². The van der Waals surface area contributed by atoms with E-state index >= 15 is 0 Å². The number of aliphatic hydroxyl groups is 1. The molecule has 0 saturated carbocycles. The first-order valence-electron chi connectivity index (χ1n) is 7.23. The third kappa shape index (κ3) is 7.00. The van der Waals surface area contributed by atoms with Gasteiger partial charge in [-0.2, -0.15) is 0 Å². The summed E-state index contributed by atoms with van der Waals surface area (Å²) in [6, 6.07) is 3.73. The molecule has 1 aromatic heterocycles. The van der Waals surface area contributed by atoms with E-state index in [0.29, 0.717) is 26.3 Å². The number of hydrogen-bond donors (Lipinski definition) is 3. The molecule has 0 aliphatic rings. The fourth-order valence-corrected chi connectivity index (χ4v) is 1.68. The smallest absolute Gasteiger partial charge is 0.321 e. The summed E-state index contributed by atoms with van der Waals surface area (Å²) >= 11 is 0. The zero-order chi connectivity index (χ0) is 14.8. The van der Waals surface area contributed by atoms with Crippen molar-refractivity contribution in [1.82, 2.24) is 10.3 Å². The average molecular weight is 280 g/mol. The lowest BCUT2D eigenvalue weighted by molar-refractivity contribution is 0.0357. The average Bonchev–Trinajstić information content (AvgIpc) is 2.44. The molecule has 112 valence electrons. The number of aromatic nitrogens is 1. The third-order valence-electron chi connectivity index (χ3n) is 2.97. The fraction of sp³-hybridized carbons (Fsp3) is 0.643. The predicted molar refractivity (Wildman–Crippen MR) is 81.1 cm³/mol. The standard InChI is InChI=1S/C14H25BN2O3/c1-3-4-7-20-11-14(18)10-16-9-13-6-5-12(8-17-13)15(2)19/h5-6,8,14,16,18-19H,3-4,7,9-11H2,1-2H3. The minimum atomic E-state index is -0.497. The van der Waals surface area contributed by atoms with E-state index in [2.05, 4.69) is 17.2 Å². The molecule has 1 atom stereocenters. The number of ether oxygens (including phenoxy) is 1. The number of rotatable bonds is 10. The van der Waals surface area contributed by atoms with Gasteiger partial charge >= 0.3 is 6.92 Å². The highest BCUT2D eigenvalue weighted by Gasteiger charge is 2.07. The molecule has 0 amide bonds. The molecule has 1 heterocycles.